The van der Waals surface area contributed by atoms with Crippen molar-refractivity contribution in [1.29, 1.82) is 0 Å². The average Bonchev–Trinajstić information content (AvgIpc) is 3.00. The number of hydrogen-bond acceptors (Lipinski definition) is 18. The molecule has 0 radical (unpaired) electrons. The van der Waals surface area contributed by atoms with Gasteiger partial charge in [0.1, 0.15) is 18.8 Å². The molecule has 0 spiro atoms. The summed E-state index contributed by atoms with van der Waals surface area (Å²) in [6.45, 7) is -1.19. The smallest absolute Gasteiger partial charge is 0.338 e. The number of phenolic OH excluding ortho intramolecular Hbond substituents is 9. The van der Waals surface area contributed by atoms with Crippen LogP contribution in [0.5, 0.6) is 51.7 Å². The van der Waals surface area contributed by atoms with Crippen LogP contribution in [0.4, 0.5) is 0 Å². The van der Waals surface area contributed by atoms with Crippen molar-refractivity contribution >= 4 is 23.5 Å². The lowest BCUT2D eigenvalue weighted by molar-refractivity contribution is -0.144. The minimum absolute atomic E-state index is 0.522. The summed E-state index contributed by atoms with van der Waals surface area (Å²) in [6, 6.07) is 3.50. The van der Waals surface area contributed by atoms with Crippen LogP contribution in [-0.2, 0) is 14.3 Å². The number of carbonyl (C=O) groups is 4. The molecule has 18 nitrogen and oxygen atoms in total. The summed E-state index contributed by atoms with van der Waals surface area (Å²) in [5, 5.41) is 118. The van der Waals surface area contributed by atoms with Crippen LogP contribution in [-0.4, -0.2) is 116 Å². The van der Waals surface area contributed by atoms with E-state index in [0.29, 0.717) is 36.4 Å². The molecule has 3 aromatic carbocycles. The number of hydrogen-bond donors (Lipinski definition) is 12. The van der Waals surface area contributed by atoms with Gasteiger partial charge in [-0.25, -0.2) is 9.59 Å². The second kappa shape index (κ2) is 13.1. The number of esters is 2. The molecule has 0 unspecified atom stereocenters. The van der Waals surface area contributed by atoms with Gasteiger partial charge in [0, 0.05) is 5.56 Å². The molecule has 0 saturated carbocycles. The van der Waals surface area contributed by atoms with Crippen LogP contribution >= 0.6 is 0 Å². The number of ether oxygens (including phenoxy) is 2. The number of aromatic hydroxyl groups is 9. The van der Waals surface area contributed by atoms with Crippen molar-refractivity contribution in [2.75, 3.05) is 6.61 Å². The number of rotatable bonds is 11. The molecule has 0 heterocycles. The van der Waals surface area contributed by atoms with Crippen molar-refractivity contribution in [3.05, 3.63) is 53.1 Å². The predicted molar refractivity (Wildman–Crippen MR) is 141 cm³/mol. The molecule has 3 rings (SSSR count). The van der Waals surface area contributed by atoms with Gasteiger partial charge in [0.25, 0.3) is 0 Å². The third kappa shape index (κ3) is 7.16. The van der Waals surface area contributed by atoms with Gasteiger partial charge in [-0.1, -0.05) is 0 Å². The molecule has 0 aliphatic rings. The van der Waals surface area contributed by atoms with Crippen LogP contribution < -0.4 is 0 Å². The van der Waals surface area contributed by atoms with Crippen molar-refractivity contribution in [2.45, 2.75) is 24.4 Å². The number of aliphatic hydroxyl groups is 3. The molecule has 45 heavy (non-hydrogen) atoms. The van der Waals surface area contributed by atoms with Gasteiger partial charge in [0.2, 0.25) is 11.6 Å². The van der Waals surface area contributed by atoms with Crippen LogP contribution in [0.2, 0.25) is 0 Å². The maximum Gasteiger partial charge on any atom is 0.338 e. The fourth-order valence-electron chi connectivity index (χ4n) is 3.68. The number of aliphatic hydroxyl groups excluding tert-OH is 3. The first-order chi connectivity index (χ1) is 20.9. The zero-order chi connectivity index (χ0) is 33.9. The van der Waals surface area contributed by atoms with Gasteiger partial charge in [-0.15, -0.1) is 0 Å². The fourth-order valence-corrected chi connectivity index (χ4v) is 3.68. The van der Waals surface area contributed by atoms with Gasteiger partial charge < -0.3 is 70.8 Å². The largest absolute Gasteiger partial charge is 0.504 e. The van der Waals surface area contributed by atoms with E-state index in [-0.39, 0.29) is 0 Å². The topological polar surface area (TPSA) is 330 Å². The normalized spacial score (nSPS) is 13.7. The first-order valence-corrected chi connectivity index (χ1v) is 12.2. The summed E-state index contributed by atoms with van der Waals surface area (Å²) in [5.41, 5.74) is -2.09. The zero-order valence-corrected chi connectivity index (χ0v) is 22.3. The molecule has 0 amide bonds. The van der Waals surface area contributed by atoms with Gasteiger partial charge in [0.15, 0.2) is 64.0 Å². The van der Waals surface area contributed by atoms with Crippen LogP contribution in [0, 0.1) is 0 Å². The Hall–Kier alpha value is -5.98. The summed E-state index contributed by atoms with van der Waals surface area (Å²) >= 11 is 0. The predicted octanol–water partition coefficient (Wildman–Crippen LogP) is -1.05. The molecule has 0 aliphatic carbocycles. The summed E-state index contributed by atoms with van der Waals surface area (Å²) in [4.78, 5) is 50.6. The Bertz CT molecular complexity index is 1590. The summed E-state index contributed by atoms with van der Waals surface area (Å²) in [5.74, 6) is -15.6. The van der Waals surface area contributed by atoms with E-state index < -0.39 is 123 Å². The van der Waals surface area contributed by atoms with E-state index in [1.807, 2.05) is 0 Å². The number of ketones is 2. The van der Waals surface area contributed by atoms with Crippen molar-refractivity contribution in [1.82, 2.24) is 0 Å². The van der Waals surface area contributed by atoms with Gasteiger partial charge in [-0.2, -0.15) is 0 Å². The van der Waals surface area contributed by atoms with Gasteiger partial charge >= 0.3 is 11.9 Å². The van der Waals surface area contributed by atoms with E-state index in [0.717, 1.165) is 0 Å². The van der Waals surface area contributed by atoms with Crippen LogP contribution in [0.1, 0.15) is 31.1 Å². The summed E-state index contributed by atoms with van der Waals surface area (Å²) < 4.78 is 9.63. The van der Waals surface area contributed by atoms with Crippen molar-refractivity contribution in [3.8, 4) is 51.7 Å². The highest BCUT2D eigenvalue weighted by molar-refractivity contribution is 6.45. The zero-order valence-electron chi connectivity index (χ0n) is 22.3. The van der Waals surface area contributed by atoms with E-state index in [2.05, 4.69) is 0 Å². The molecule has 240 valence electrons. The number of carbonyl (C=O) groups excluding carboxylic acids is 4. The highest BCUT2D eigenvalue weighted by Crippen LogP contribution is 2.37. The Labute approximate surface area is 249 Å². The summed E-state index contributed by atoms with van der Waals surface area (Å²) in [6.07, 6.45) is -10.3. The van der Waals surface area contributed by atoms with E-state index in [9.17, 15) is 80.5 Å². The standard InChI is InChI=1S/C27H24O18/c28-11-1-8(2-12(29)19(11)36)18(35)23(40)24(41)25(45-27(43)10-5-15(32)21(38)16(33)6-10)22(39)17(34)7-44-26(42)9-3-13(30)20(37)14(31)4-9/h1-6,17,22,24-25,28-34,36-39,41H,7H2/t17-,22-,24+,25+/m1/s1. The minimum Gasteiger partial charge on any atom is -0.504 e. The number of Topliss-reactive ketones (excluding diaryl/α,β-unsaturated/α-hetero) is 2. The maximum absolute atomic E-state index is 12.9. The molecular formula is C27H24O18. The quantitative estimate of drug-likeness (QED) is 0.0517. The van der Waals surface area contributed by atoms with E-state index in [1.54, 1.807) is 0 Å². The Morgan fingerprint density at radius 3 is 1.31 bits per heavy atom. The lowest BCUT2D eigenvalue weighted by Crippen LogP contribution is -2.52. The van der Waals surface area contributed by atoms with Crippen LogP contribution in [0.15, 0.2) is 36.4 Å². The molecule has 4 atom stereocenters. The first kappa shape index (κ1) is 33.5. The third-order valence-corrected chi connectivity index (χ3v) is 6.11. The summed E-state index contributed by atoms with van der Waals surface area (Å²) in [7, 11) is 0. The highest BCUT2D eigenvalue weighted by atomic mass is 16.6. The molecule has 18 heteroatoms. The lowest BCUT2D eigenvalue weighted by atomic mass is 9.95. The molecular weight excluding hydrogens is 612 g/mol. The fraction of sp³-hybridized carbons (Fsp3) is 0.185. The van der Waals surface area contributed by atoms with E-state index in [4.69, 9.17) is 9.47 Å². The second-order valence-corrected chi connectivity index (χ2v) is 9.25. The van der Waals surface area contributed by atoms with Gasteiger partial charge in [0.05, 0.1) is 11.1 Å². The Morgan fingerprint density at radius 1 is 0.556 bits per heavy atom. The Morgan fingerprint density at radius 2 is 0.911 bits per heavy atom. The molecule has 0 aliphatic heterocycles. The molecule has 0 aromatic heterocycles. The Kier molecular flexibility index (Phi) is 9.77. The molecule has 0 saturated heterocycles. The molecule has 12 N–H and O–H groups in total. The molecule has 3 aromatic rings. The molecule has 0 fully saturated rings. The van der Waals surface area contributed by atoms with Crippen LogP contribution in [0.3, 0.4) is 0 Å². The average molecular weight is 636 g/mol. The third-order valence-electron chi connectivity index (χ3n) is 6.11. The van der Waals surface area contributed by atoms with E-state index in [1.165, 1.54) is 0 Å². The Balaban J connectivity index is 1.89. The van der Waals surface area contributed by atoms with Gasteiger partial charge in [-0.05, 0) is 36.4 Å². The lowest BCUT2D eigenvalue weighted by Gasteiger charge is -2.29. The van der Waals surface area contributed by atoms with E-state index >= 15 is 0 Å². The maximum atomic E-state index is 12.9. The molecule has 0 bridgehead atoms. The SMILES string of the molecule is O=C(OC[C@@H](O)[C@@H](O)[C@H](OC(=O)c1cc(O)c(O)c(O)c1)[C@@H](O)C(=O)C(=O)c1cc(O)c(O)c(O)c1)c1cc(O)c(O)c(O)c1. The van der Waals surface area contributed by atoms with Crippen molar-refractivity contribution < 1.29 is 89.9 Å². The number of phenols is 9. The highest BCUT2D eigenvalue weighted by Gasteiger charge is 2.42. The number of benzene rings is 3. The van der Waals surface area contributed by atoms with Crippen LogP contribution in [0.25, 0.3) is 0 Å². The van der Waals surface area contributed by atoms with Gasteiger partial charge in [-0.3, -0.25) is 9.59 Å². The van der Waals surface area contributed by atoms with Crippen molar-refractivity contribution in [2.24, 2.45) is 0 Å². The minimum atomic E-state index is -2.84. The first-order valence-electron chi connectivity index (χ1n) is 12.2. The second-order valence-electron chi connectivity index (χ2n) is 9.25. The van der Waals surface area contributed by atoms with Crippen molar-refractivity contribution in [3.63, 3.8) is 0 Å². The monoisotopic (exact) mass is 636 g/mol.